The third-order valence-electron chi connectivity index (χ3n) is 9.25. The molecule has 3 N–H and O–H groups in total. The molecule has 0 saturated carbocycles. The zero-order valence-electron chi connectivity index (χ0n) is 29.3. The first kappa shape index (κ1) is 36.8. The molecule has 5 aromatic carbocycles. The van der Waals surface area contributed by atoms with E-state index in [-0.39, 0.29) is 31.3 Å². The van der Waals surface area contributed by atoms with Crippen molar-refractivity contribution in [3.63, 3.8) is 0 Å². The van der Waals surface area contributed by atoms with Crippen molar-refractivity contribution >= 4 is 23.8 Å². The molecule has 1 aliphatic rings. The van der Waals surface area contributed by atoms with Crippen molar-refractivity contribution in [3.05, 3.63) is 161 Å². The molecule has 0 aromatic heterocycles. The maximum Gasteiger partial charge on any atom is 0.328 e. The summed E-state index contributed by atoms with van der Waals surface area (Å²) in [5.74, 6) is 0.376. The summed E-state index contributed by atoms with van der Waals surface area (Å²) in [5, 5.41) is 15.2. The number of hydrogen-bond acceptors (Lipinski definition) is 7. The number of hydrogen-bond donors (Lipinski definition) is 3. The Morgan fingerprint density at radius 1 is 0.769 bits per heavy atom. The van der Waals surface area contributed by atoms with E-state index in [1.807, 2.05) is 109 Å². The quantitative estimate of drug-likeness (QED) is 0.0838. The Morgan fingerprint density at radius 3 is 2.13 bits per heavy atom. The fraction of sp³-hybridized carbons (Fsp3) is 0.256. The van der Waals surface area contributed by atoms with Gasteiger partial charge in [-0.2, -0.15) is 0 Å². The van der Waals surface area contributed by atoms with E-state index in [9.17, 15) is 14.7 Å². The maximum absolute atomic E-state index is 12.8. The molecule has 0 radical (unpaired) electrons. The number of carbonyl (C=O) groups is 2. The molecular weight excluding hydrogens is 673 g/mol. The number of aliphatic hydroxyl groups excluding tert-OH is 1. The van der Waals surface area contributed by atoms with Crippen molar-refractivity contribution in [3.8, 4) is 11.1 Å². The van der Waals surface area contributed by atoms with Gasteiger partial charge in [-0.1, -0.05) is 122 Å². The van der Waals surface area contributed by atoms with Gasteiger partial charge in [0.25, 0.3) is 0 Å². The summed E-state index contributed by atoms with van der Waals surface area (Å²) in [7, 11) is 1.31. The minimum absolute atomic E-state index is 0.00279. The predicted molar refractivity (Wildman–Crippen MR) is 203 cm³/mol. The van der Waals surface area contributed by atoms with Gasteiger partial charge in [-0.15, -0.1) is 11.8 Å². The molecule has 0 spiro atoms. The maximum atomic E-state index is 12.8. The second-order valence-electron chi connectivity index (χ2n) is 12.9. The number of nitrogens with one attached hydrogen (secondary N) is 2. The van der Waals surface area contributed by atoms with E-state index in [1.165, 1.54) is 12.0 Å². The average Bonchev–Trinajstić information content (AvgIpc) is 3.20. The van der Waals surface area contributed by atoms with Crippen LogP contribution in [-0.2, 0) is 38.6 Å². The molecule has 0 bridgehead atoms. The van der Waals surface area contributed by atoms with Gasteiger partial charge in [0, 0.05) is 35.1 Å². The topological polar surface area (TPSA) is 106 Å². The largest absolute Gasteiger partial charge is 0.467 e. The van der Waals surface area contributed by atoms with Gasteiger partial charge < -0.3 is 30.0 Å². The monoisotopic (exact) mass is 716 g/mol. The number of benzene rings is 5. The van der Waals surface area contributed by atoms with Crippen LogP contribution in [0.3, 0.4) is 0 Å². The number of methoxy groups -OCH3 is 1. The molecule has 52 heavy (non-hydrogen) atoms. The van der Waals surface area contributed by atoms with Crippen LogP contribution in [0.15, 0.2) is 138 Å². The second-order valence-corrected chi connectivity index (χ2v) is 14.0. The molecule has 1 saturated heterocycles. The molecule has 1 heterocycles. The second kappa shape index (κ2) is 18.0. The summed E-state index contributed by atoms with van der Waals surface area (Å²) < 4.78 is 18.2. The first-order chi connectivity index (χ1) is 25.4. The predicted octanol–water partition coefficient (Wildman–Crippen LogP) is 8.01. The molecule has 6 rings (SSSR count). The first-order valence-corrected chi connectivity index (χ1v) is 18.4. The number of carbonyl (C=O) groups excluding carboxylic acids is 2. The van der Waals surface area contributed by atoms with E-state index in [2.05, 4.69) is 41.8 Å². The fourth-order valence-corrected chi connectivity index (χ4v) is 7.36. The highest BCUT2D eigenvalue weighted by Gasteiger charge is 2.38. The zero-order valence-corrected chi connectivity index (χ0v) is 30.1. The van der Waals surface area contributed by atoms with Gasteiger partial charge in [-0.05, 0) is 51.6 Å². The Kier molecular flexibility index (Phi) is 12.8. The highest BCUT2D eigenvalue weighted by atomic mass is 32.2. The van der Waals surface area contributed by atoms with Crippen molar-refractivity contribution in [1.29, 1.82) is 0 Å². The highest BCUT2D eigenvalue weighted by molar-refractivity contribution is 7.99. The van der Waals surface area contributed by atoms with Crippen LogP contribution in [0.2, 0.25) is 0 Å². The molecule has 0 aliphatic carbocycles. The van der Waals surface area contributed by atoms with Crippen LogP contribution in [0.25, 0.3) is 11.1 Å². The number of ether oxygens (including phenoxy) is 3. The summed E-state index contributed by atoms with van der Waals surface area (Å²) in [4.78, 5) is 26.4. The summed E-state index contributed by atoms with van der Waals surface area (Å²) in [5.41, 5.74) is 6.69. The van der Waals surface area contributed by atoms with Crippen LogP contribution in [-0.4, -0.2) is 42.1 Å². The summed E-state index contributed by atoms with van der Waals surface area (Å²) >= 11 is 1.78. The van der Waals surface area contributed by atoms with Crippen molar-refractivity contribution in [2.75, 3.05) is 12.9 Å². The zero-order chi connectivity index (χ0) is 36.3. The van der Waals surface area contributed by atoms with Gasteiger partial charge in [0.05, 0.1) is 25.9 Å². The highest BCUT2D eigenvalue weighted by Crippen LogP contribution is 2.43. The van der Waals surface area contributed by atoms with Crippen LogP contribution >= 0.6 is 11.8 Å². The van der Waals surface area contributed by atoms with E-state index in [0.717, 1.165) is 44.7 Å². The van der Waals surface area contributed by atoms with E-state index in [1.54, 1.807) is 11.8 Å². The number of esters is 1. The van der Waals surface area contributed by atoms with Crippen LogP contribution in [0.5, 0.6) is 0 Å². The van der Waals surface area contributed by atoms with E-state index in [4.69, 9.17) is 14.2 Å². The minimum Gasteiger partial charge on any atom is -0.467 e. The van der Waals surface area contributed by atoms with Crippen LogP contribution in [0.1, 0.15) is 47.1 Å². The third-order valence-corrected chi connectivity index (χ3v) is 10.4. The lowest BCUT2D eigenvalue weighted by Gasteiger charge is -2.41. The van der Waals surface area contributed by atoms with E-state index in [0.29, 0.717) is 6.42 Å². The number of urea groups is 1. The van der Waals surface area contributed by atoms with Crippen LogP contribution in [0.4, 0.5) is 4.79 Å². The lowest BCUT2D eigenvalue weighted by molar-refractivity contribution is -0.268. The van der Waals surface area contributed by atoms with E-state index < -0.39 is 24.3 Å². The molecule has 5 atom stereocenters. The molecule has 9 heteroatoms. The molecule has 5 aromatic rings. The van der Waals surface area contributed by atoms with Gasteiger partial charge in [-0.25, -0.2) is 9.59 Å². The Morgan fingerprint density at radius 2 is 1.44 bits per heavy atom. The molecule has 5 unspecified atom stereocenters. The third kappa shape index (κ3) is 9.68. The van der Waals surface area contributed by atoms with Gasteiger partial charge >= 0.3 is 12.0 Å². The first-order valence-electron chi connectivity index (χ1n) is 17.4. The Balaban J connectivity index is 1.12. The minimum atomic E-state index is -0.808. The number of thioether (sulfide) groups is 1. The number of aliphatic hydroxyl groups is 1. The summed E-state index contributed by atoms with van der Waals surface area (Å²) in [6.45, 7) is 2.45. The Hall–Kier alpha value is -4.93. The molecule has 1 fully saturated rings. The lowest BCUT2D eigenvalue weighted by Crippen LogP contribution is -2.47. The van der Waals surface area contributed by atoms with Gasteiger partial charge in [0.1, 0.15) is 6.04 Å². The summed E-state index contributed by atoms with van der Waals surface area (Å²) in [6.07, 6.45) is -0.475. The molecule has 1 aliphatic heterocycles. The molecular formula is C43H44N2O6S. The van der Waals surface area contributed by atoms with Gasteiger partial charge in [-0.3, -0.25) is 0 Å². The smallest absolute Gasteiger partial charge is 0.328 e. The molecule has 8 nitrogen and oxygen atoms in total. The average molecular weight is 717 g/mol. The van der Waals surface area contributed by atoms with Crippen LogP contribution < -0.4 is 10.6 Å². The normalized spacial score (nSPS) is 19.0. The van der Waals surface area contributed by atoms with Crippen molar-refractivity contribution in [2.24, 2.45) is 5.92 Å². The van der Waals surface area contributed by atoms with Gasteiger partial charge in [0.2, 0.25) is 0 Å². The lowest BCUT2D eigenvalue weighted by atomic mass is 9.91. The SMILES string of the molecule is COC(=O)C(Cc1ccccc1)NC(=O)NCc1cccc(-c2ccc(C3OC(CSc4ccccc4)C(C)C(c4ccc(CO)cc4)O3)cc2)c1. The molecule has 2 amide bonds. The summed E-state index contributed by atoms with van der Waals surface area (Å²) in [6, 6.07) is 42.7. The van der Waals surface area contributed by atoms with Crippen LogP contribution in [0, 0.1) is 5.92 Å². The standard InChI is InChI=1S/C43H44N2O6S/c1-29-39(28-52-37-14-7-4-8-15-37)50-42(51-40(29)34-18-16-31(27-46)17-19-34)35-22-20-33(21-23-35)36-13-9-12-32(24-36)26-44-43(48)45-38(41(47)49-2)25-30-10-5-3-6-11-30/h3-24,29,38-40,42,46H,25-28H2,1-2H3,(H2,44,45,48). The number of rotatable bonds is 13. The van der Waals surface area contributed by atoms with E-state index >= 15 is 0 Å². The van der Waals surface area contributed by atoms with Crippen molar-refractivity contribution in [2.45, 2.75) is 55.9 Å². The van der Waals surface area contributed by atoms with Gasteiger partial charge in [0.15, 0.2) is 6.29 Å². The van der Waals surface area contributed by atoms with Crippen molar-refractivity contribution in [1.82, 2.24) is 10.6 Å². The van der Waals surface area contributed by atoms with Crippen molar-refractivity contribution < 1.29 is 28.9 Å². The number of amides is 2. The fourth-order valence-electron chi connectivity index (χ4n) is 6.28. The Labute approximate surface area is 309 Å². The Bertz CT molecular complexity index is 1890. The molecule has 268 valence electrons.